The van der Waals surface area contributed by atoms with Crippen LogP contribution in [0.1, 0.15) is 12.0 Å². The van der Waals surface area contributed by atoms with Crippen molar-refractivity contribution >= 4 is 56.4 Å². The van der Waals surface area contributed by atoms with Crippen LogP contribution in [-0.2, 0) is 6.61 Å². The first-order valence-electron chi connectivity index (χ1n) is 11.5. The van der Waals surface area contributed by atoms with Gasteiger partial charge < -0.3 is 15.2 Å². The van der Waals surface area contributed by atoms with Crippen LogP contribution in [-0.4, -0.2) is 53.0 Å². The van der Waals surface area contributed by atoms with Crippen molar-refractivity contribution in [3.05, 3.63) is 72.3 Å². The number of fused-ring (bicyclic) bond motifs is 2. The van der Waals surface area contributed by atoms with Gasteiger partial charge in [-0.05, 0) is 42.8 Å². The second-order valence-corrected chi connectivity index (χ2v) is 8.85. The van der Waals surface area contributed by atoms with E-state index in [9.17, 15) is 5.11 Å². The Bertz CT molecular complexity index is 1180. The van der Waals surface area contributed by atoms with Crippen LogP contribution in [0.5, 0.6) is 5.75 Å². The lowest BCUT2D eigenvalue weighted by atomic mass is 10.1. The summed E-state index contributed by atoms with van der Waals surface area (Å²) in [6, 6.07) is 22.0. The largest absolute Gasteiger partial charge is 0.492 e. The van der Waals surface area contributed by atoms with Crippen molar-refractivity contribution in [2.75, 3.05) is 43.3 Å². The number of nitrogens with one attached hydrogen (secondary N) is 1. The summed E-state index contributed by atoms with van der Waals surface area (Å²) in [6.07, 6.45) is 0.917. The predicted octanol–water partition coefficient (Wildman–Crippen LogP) is 6.17. The number of pyridine rings is 1. The summed E-state index contributed by atoms with van der Waals surface area (Å²) in [5.74, 6) is 1.91. The highest BCUT2D eigenvalue weighted by Crippen LogP contribution is 2.34. The molecule has 0 saturated carbocycles. The first kappa shape index (κ1) is 24.6. The van der Waals surface area contributed by atoms with Crippen molar-refractivity contribution in [1.29, 1.82) is 0 Å². The zero-order chi connectivity index (χ0) is 23.8. The molecule has 7 heteroatoms. The summed E-state index contributed by atoms with van der Waals surface area (Å²) in [6.45, 7) is 2.90. The number of aromatic nitrogens is 1. The number of aliphatic hydroxyl groups excluding tert-OH is 1. The van der Waals surface area contributed by atoms with Crippen LogP contribution in [0.4, 0.5) is 11.4 Å². The molecule has 0 spiro atoms. The number of halogens is 2. The van der Waals surface area contributed by atoms with E-state index in [4.69, 9.17) is 32.9 Å². The second kappa shape index (κ2) is 12.2. The molecule has 34 heavy (non-hydrogen) atoms. The number of aliphatic hydroxyl groups is 1. The van der Waals surface area contributed by atoms with Gasteiger partial charge in [-0.1, -0.05) is 36.4 Å². The minimum atomic E-state index is -0.0716. The Morgan fingerprint density at radius 1 is 0.853 bits per heavy atom. The van der Waals surface area contributed by atoms with Gasteiger partial charge in [0.15, 0.2) is 0 Å². The molecule has 1 aromatic heterocycles. The first-order valence-corrected chi connectivity index (χ1v) is 12.5. The molecule has 0 unspecified atom stereocenters. The predicted molar refractivity (Wildman–Crippen MR) is 143 cm³/mol. The molecule has 0 bridgehead atoms. The van der Waals surface area contributed by atoms with E-state index in [1.165, 1.54) is 0 Å². The van der Waals surface area contributed by atoms with E-state index in [0.29, 0.717) is 24.1 Å². The van der Waals surface area contributed by atoms with Crippen LogP contribution in [0.3, 0.4) is 0 Å². The van der Waals surface area contributed by atoms with Gasteiger partial charge in [0.2, 0.25) is 0 Å². The Balaban J connectivity index is 1.58. The lowest BCUT2D eigenvalue weighted by Crippen LogP contribution is -2.31. The van der Waals surface area contributed by atoms with Gasteiger partial charge in [-0.3, -0.25) is 4.90 Å². The zero-order valence-electron chi connectivity index (χ0n) is 19.0. The van der Waals surface area contributed by atoms with Crippen molar-refractivity contribution in [2.45, 2.75) is 13.0 Å². The summed E-state index contributed by atoms with van der Waals surface area (Å²) in [5, 5.41) is 15.5. The highest BCUT2D eigenvalue weighted by molar-refractivity contribution is 6.18. The lowest BCUT2D eigenvalue weighted by Gasteiger charge is -2.21. The number of hydrogen-bond donors (Lipinski definition) is 2. The molecule has 3 aromatic carbocycles. The monoisotopic (exact) mass is 497 g/mol. The maximum absolute atomic E-state index is 9.85. The minimum absolute atomic E-state index is 0.0716. The molecule has 0 saturated heterocycles. The highest BCUT2D eigenvalue weighted by atomic mass is 35.5. The first-order chi connectivity index (χ1) is 16.7. The molecule has 4 rings (SSSR count). The molecule has 4 aromatic rings. The number of hydrogen-bond acceptors (Lipinski definition) is 5. The van der Waals surface area contributed by atoms with Crippen LogP contribution in [0.2, 0.25) is 0 Å². The van der Waals surface area contributed by atoms with Crippen LogP contribution < -0.4 is 10.1 Å². The smallest absolute Gasteiger partial charge is 0.121 e. The van der Waals surface area contributed by atoms with Gasteiger partial charge in [0.1, 0.15) is 12.4 Å². The van der Waals surface area contributed by atoms with Gasteiger partial charge in [0, 0.05) is 47.4 Å². The standard InChI is InChI=1S/C27H29Cl2N3O2/c28-10-5-12-32(13-11-29)14-15-34-22-17-20(19-33)16-21(18-22)30-27-23-6-1-3-8-25(23)31-26-9-4-2-7-24(26)27/h1-4,6-9,16-18,33H,5,10-15,19H2,(H,30,31). The fourth-order valence-electron chi connectivity index (χ4n) is 4.06. The number of benzene rings is 3. The quantitative estimate of drug-likeness (QED) is 0.181. The highest BCUT2D eigenvalue weighted by Gasteiger charge is 2.11. The van der Waals surface area contributed by atoms with E-state index in [0.717, 1.165) is 64.8 Å². The van der Waals surface area contributed by atoms with E-state index < -0.39 is 0 Å². The van der Waals surface area contributed by atoms with Crippen molar-refractivity contribution in [1.82, 2.24) is 9.88 Å². The summed E-state index contributed by atoms with van der Waals surface area (Å²) in [4.78, 5) is 7.05. The maximum atomic E-state index is 9.85. The lowest BCUT2D eigenvalue weighted by molar-refractivity contribution is 0.216. The summed E-state index contributed by atoms with van der Waals surface area (Å²) >= 11 is 11.8. The molecule has 0 aliphatic heterocycles. The molecule has 0 aliphatic rings. The Kier molecular flexibility index (Phi) is 8.83. The fraction of sp³-hybridized carbons (Fsp3) is 0.296. The molecule has 0 aliphatic carbocycles. The second-order valence-electron chi connectivity index (χ2n) is 8.09. The number of rotatable bonds is 12. The van der Waals surface area contributed by atoms with Crippen LogP contribution in [0.25, 0.3) is 21.8 Å². The van der Waals surface area contributed by atoms with Crippen molar-refractivity contribution in [3.8, 4) is 5.75 Å². The Hall–Kier alpha value is -2.57. The number of anilines is 2. The Labute approximate surface area is 210 Å². The van der Waals surface area contributed by atoms with E-state index in [1.807, 2.05) is 54.6 Å². The normalized spacial score (nSPS) is 11.4. The molecule has 178 valence electrons. The summed E-state index contributed by atoms with van der Waals surface area (Å²) in [5.41, 5.74) is 4.46. The third kappa shape index (κ3) is 6.10. The summed E-state index contributed by atoms with van der Waals surface area (Å²) in [7, 11) is 0. The van der Waals surface area contributed by atoms with Crippen molar-refractivity contribution in [3.63, 3.8) is 0 Å². The van der Waals surface area contributed by atoms with Crippen molar-refractivity contribution < 1.29 is 9.84 Å². The van der Waals surface area contributed by atoms with Gasteiger partial charge >= 0.3 is 0 Å². The van der Waals surface area contributed by atoms with E-state index >= 15 is 0 Å². The molecular formula is C27H29Cl2N3O2. The molecule has 0 amide bonds. The SMILES string of the molecule is OCc1cc(Nc2c3ccccc3nc3ccccc23)cc(OCCN(CCCl)CCCCl)c1. The number of nitrogens with zero attached hydrogens (tertiary/aromatic N) is 2. The third-order valence-electron chi connectivity index (χ3n) is 5.69. The van der Waals surface area contributed by atoms with Gasteiger partial charge in [-0.2, -0.15) is 0 Å². The van der Waals surface area contributed by atoms with Crippen molar-refractivity contribution in [2.24, 2.45) is 0 Å². The summed E-state index contributed by atoms with van der Waals surface area (Å²) < 4.78 is 6.08. The van der Waals surface area contributed by atoms with E-state index in [2.05, 4.69) is 22.3 Å². The van der Waals surface area contributed by atoms with E-state index in [-0.39, 0.29) is 6.61 Å². The van der Waals surface area contributed by atoms with Crippen LogP contribution >= 0.6 is 23.2 Å². The Morgan fingerprint density at radius 2 is 1.56 bits per heavy atom. The van der Waals surface area contributed by atoms with Gasteiger partial charge in [0.05, 0.1) is 23.3 Å². The zero-order valence-corrected chi connectivity index (χ0v) is 20.5. The minimum Gasteiger partial charge on any atom is -0.492 e. The molecular weight excluding hydrogens is 469 g/mol. The van der Waals surface area contributed by atoms with Crippen LogP contribution in [0, 0.1) is 0 Å². The van der Waals surface area contributed by atoms with Crippen LogP contribution in [0.15, 0.2) is 66.7 Å². The average Bonchev–Trinajstić information content (AvgIpc) is 2.87. The topological polar surface area (TPSA) is 57.6 Å². The number of para-hydroxylation sites is 2. The molecule has 1 heterocycles. The van der Waals surface area contributed by atoms with Gasteiger partial charge in [0.25, 0.3) is 0 Å². The molecule has 5 nitrogen and oxygen atoms in total. The number of ether oxygens (including phenoxy) is 1. The molecule has 2 N–H and O–H groups in total. The molecule has 0 radical (unpaired) electrons. The van der Waals surface area contributed by atoms with Gasteiger partial charge in [-0.15, -0.1) is 23.2 Å². The fourth-order valence-corrected chi connectivity index (χ4v) is 4.42. The average molecular weight is 498 g/mol. The third-order valence-corrected chi connectivity index (χ3v) is 6.13. The maximum Gasteiger partial charge on any atom is 0.121 e. The Morgan fingerprint density at radius 3 is 2.21 bits per heavy atom. The molecule has 0 atom stereocenters. The number of alkyl halides is 2. The van der Waals surface area contributed by atoms with Gasteiger partial charge in [-0.25, -0.2) is 4.98 Å². The molecule has 0 fully saturated rings. The van der Waals surface area contributed by atoms with E-state index in [1.54, 1.807) is 0 Å².